The van der Waals surface area contributed by atoms with Gasteiger partial charge in [-0.05, 0) is 12.1 Å². The molecule has 3 amide bonds. The molecule has 4 rings (SSSR count). The fourth-order valence-corrected chi connectivity index (χ4v) is 3.00. The fraction of sp³-hybridized carbons (Fsp3) is 0.158. The third kappa shape index (κ3) is 3.77. The Morgan fingerprint density at radius 1 is 1.23 bits per heavy atom. The Morgan fingerprint density at radius 3 is 2.60 bits per heavy atom. The van der Waals surface area contributed by atoms with E-state index in [0.717, 1.165) is 17.0 Å². The van der Waals surface area contributed by atoms with Gasteiger partial charge < -0.3 is 20.3 Å². The van der Waals surface area contributed by atoms with Crippen molar-refractivity contribution in [3.8, 4) is 22.8 Å². The van der Waals surface area contributed by atoms with Crippen LogP contribution < -0.4 is 16.0 Å². The first-order valence-corrected chi connectivity index (χ1v) is 8.82. The molecular formula is C19H15F2N5O4. The number of benzene rings is 2. The number of aromatic nitrogens is 2. The summed E-state index contributed by atoms with van der Waals surface area (Å²) in [5, 5.41) is 6.06. The number of nitrogens with zero attached hydrogens (tertiary/aromatic N) is 3. The number of nitrogens with one attached hydrogen (secondary N) is 1. The van der Waals surface area contributed by atoms with Gasteiger partial charge in [0.05, 0.1) is 18.8 Å². The predicted molar refractivity (Wildman–Crippen MR) is 100 cm³/mol. The van der Waals surface area contributed by atoms with Crippen molar-refractivity contribution in [3.05, 3.63) is 54.1 Å². The second-order valence-corrected chi connectivity index (χ2v) is 6.44. The zero-order valence-corrected chi connectivity index (χ0v) is 15.3. The van der Waals surface area contributed by atoms with E-state index in [1.54, 1.807) is 30.3 Å². The van der Waals surface area contributed by atoms with E-state index in [1.807, 2.05) is 0 Å². The lowest BCUT2D eigenvalue weighted by molar-refractivity contribution is 0.141. The number of halogens is 2. The number of cyclic esters (lactones) is 1. The van der Waals surface area contributed by atoms with Gasteiger partial charge in [0.25, 0.3) is 5.89 Å². The molecule has 3 N–H and O–H groups in total. The molecule has 0 spiro atoms. The number of carbonyl (C=O) groups is 2. The van der Waals surface area contributed by atoms with E-state index in [0.29, 0.717) is 5.56 Å². The maximum absolute atomic E-state index is 14.7. The zero-order valence-electron chi connectivity index (χ0n) is 15.3. The molecule has 1 fully saturated rings. The summed E-state index contributed by atoms with van der Waals surface area (Å²) in [5.41, 5.74) is 5.04. The van der Waals surface area contributed by atoms with E-state index in [2.05, 4.69) is 15.5 Å². The van der Waals surface area contributed by atoms with Crippen molar-refractivity contribution in [2.45, 2.75) is 6.10 Å². The standard InChI is InChI=1S/C19H15F2N5O4/c20-13-6-11(26-9-12(29-19(26)28)8-23-18(22)27)7-14(21)15(13)17-24-16(25-30-17)10-4-2-1-3-5-10/h1-7,12H,8-9H2,(H3,22,23,27). The molecule has 1 unspecified atom stereocenters. The predicted octanol–water partition coefficient (Wildman–Crippen LogP) is 2.68. The van der Waals surface area contributed by atoms with E-state index in [1.165, 1.54) is 0 Å². The topological polar surface area (TPSA) is 124 Å². The van der Waals surface area contributed by atoms with Crippen molar-refractivity contribution in [3.63, 3.8) is 0 Å². The molecule has 1 saturated heterocycles. The molecule has 154 valence electrons. The molecule has 2 aromatic carbocycles. The van der Waals surface area contributed by atoms with Crippen LogP contribution in [0.15, 0.2) is 47.0 Å². The Morgan fingerprint density at radius 2 is 1.93 bits per heavy atom. The van der Waals surface area contributed by atoms with E-state index in [-0.39, 0.29) is 30.5 Å². The van der Waals surface area contributed by atoms with Crippen LogP contribution in [0, 0.1) is 11.6 Å². The molecule has 30 heavy (non-hydrogen) atoms. The van der Waals surface area contributed by atoms with Crippen LogP contribution in [0.2, 0.25) is 0 Å². The van der Waals surface area contributed by atoms with Crippen molar-refractivity contribution in [2.75, 3.05) is 18.0 Å². The van der Waals surface area contributed by atoms with Gasteiger partial charge in [0.1, 0.15) is 23.3 Å². The van der Waals surface area contributed by atoms with Crippen molar-refractivity contribution in [1.29, 1.82) is 0 Å². The third-order valence-electron chi connectivity index (χ3n) is 4.39. The van der Waals surface area contributed by atoms with E-state index < -0.39 is 35.4 Å². The Labute approximate surface area is 168 Å². The van der Waals surface area contributed by atoms with Crippen molar-refractivity contribution in [1.82, 2.24) is 15.5 Å². The molecule has 1 aliphatic heterocycles. The lowest BCUT2D eigenvalue weighted by Gasteiger charge is -2.14. The molecule has 0 radical (unpaired) electrons. The Bertz CT molecular complexity index is 1080. The molecule has 1 aliphatic rings. The quantitative estimate of drug-likeness (QED) is 0.660. The van der Waals surface area contributed by atoms with Gasteiger partial charge in [-0.3, -0.25) is 4.90 Å². The minimum absolute atomic E-state index is 0.0178. The molecule has 1 aromatic heterocycles. The second-order valence-electron chi connectivity index (χ2n) is 6.44. The number of anilines is 1. The maximum Gasteiger partial charge on any atom is 0.414 e. The molecule has 0 bridgehead atoms. The summed E-state index contributed by atoms with van der Waals surface area (Å²) >= 11 is 0. The molecule has 1 atom stereocenters. The zero-order chi connectivity index (χ0) is 21.3. The largest absolute Gasteiger partial charge is 0.442 e. The number of primary amides is 1. The van der Waals surface area contributed by atoms with Gasteiger partial charge in [-0.1, -0.05) is 35.5 Å². The number of ether oxygens (including phenoxy) is 1. The van der Waals surface area contributed by atoms with Crippen LogP contribution in [0.25, 0.3) is 22.8 Å². The van der Waals surface area contributed by atoms with Gasteiger partial charge in [-0.15, -0.1) is 0 Å². The van der Waals surface area contributed by atoms with Crippen LogP contribution in [0.1, 0.15) is 0 Å². The highest BCUT2D eigenvalue weighted by Crippen LogP contribution is 2.32. The minimum atomic E-state index is -0.986. The van der Waals surface area contributed by atoms with E-state index >= 15 is 0 Å². The van der Waals surface area contributed by atoms with Crippen LogP contribution in [0.4, 0.5) is 24.1 Å². The molecule has 11 heteroatoms. The van der Waals surface area contributed by atoms with E-state index in [4.69, 9.17) is 15.0 Å². The average molecular weight is 415 g/mol. The summed E-state index contributed by atoms with van der Waals surface area (Å²) < 4.78 is 39.5. The van der Waals surface area contributed by atoms with Crippen molar-refractivity contribution in [2.24, 2.45) is 5.73 Å². The van der Waals surface area contributed by atoms with Crippen molar-refractivity contribution >= 4 is 17.8 Å². The van der Waals surface area contributed by atoms with Gasteiger partial charge >= 0.3 is 12.1 Å². The monoisotopic (exact) mass is 415 g/mol. The summed E-state index contributed by atoms with van der Waals surface area (Å²) in [6.45, 7) is -0.0408. The maximum atomic E-state index is 14.7. The molecule has 0 aliphatic carbocycles. The Balaban J connectivity index is 1.58. The summed E-state index contributed by atoms with van der Waals surface area (Å²) in [6.07, 6.45) is -1.51. The highest BCUT2D eigenvalue weighted by molar-refractivity contribution is 5.90. The van der Waals surface area contributed by atoms with Crippen LogP contribution >= 0.6 is 0 Å². The highest BCUT2D eigenvalue weighted by Gasteiger charge is 2.34. The number of amides is 3. The molecule has 0 saturated carbocycles. The normalized spacial score (nSPS) is 15.9. The smallest absolute Gasteiger partial charge is 0.414 e. The number of hydrogen-bond acceptors (Lipinski definition) is 6. The summed E-state index contributed by atoms with van der Waals surface area (Å²) in [4.78, 5) is 27.9. The van der Waals surface area contributed by atoms with Gasteiger partial charge in [0, 0.05) is 5.56 Å². The van der Waals surface area contributed by atoms with Crippen LogP contribution in [0.3, 0.4) is 0 Å². The van der Waals surface area contributed by atoms with Gasteiger partial charge in [-0.25, -0.2) is 18.4 Å². The SMILES string of the molecule is NC(=O)NCC1CN(c2cc(F)c(-c3nc(-c4ccccc4)no3)c(F)c2)C(=O)O1. The second kappa shape index (κ2) is 7.78. The molecule has 9 nitrogen and oxygen atoms in total. The summed E-state index contributed by atoms with van der Waals surface area (Å²) in [5.74, 6) is -2.12. The first-order chi connectivity index (χ1) is 14.4. The van der Waals surface area contributed by atoms with Crippen LogP contribution in [-0.2, 0) is 4.74 Å². The van der Waals surface area contributed by atoms with Gasteiger partial charge in [-0.2, -0.15) is 4.98 Å². The Kier molecular flexibility index (Phi) is 5.00. The lowest BCUT2D eigenvalue weighted by atomic mass is 10.1. The van der Waals surface area contributed by atoms with Crippen LogP contribution in [0.5, 0.6) is 0 Å². The summed E-state index contributed by atoms with van der Waals surface area (Å²) in [6, 6.07) is 9.96. The van der Waals surface area contributed by atoms with Gasteiger partial charge in [0.2, 0.25) is 5.82 Å². The van der Waals surface area contributed by atoms with E-state index in [9.17, 15) is 18.4 Å². The number of hydrogen-bond donors (Lipinski definition) is 2. The lowest BCUT2D eigenvalue weighted by Crippen LogP contribution is -2.37. The molecule has 3 aromatic rings. The highest BCUT2D eigenvalue weighted by atomic mass is 19.1. The first-order valence-electron chi connectivity index (χ1n) is 8.82. The number of nitrogens with two attached hydrogens (primary N) is 1. The number of urea groups is 1. The molecular weight excluding hydrogens is 400 g/mol. The first kappa shape index (κ1) is 19.3. The Hall–Kier alpha value is -4.02. The van der Waals surface area contributed by atoms with Crippen molar-refractivity contribution < 1.29 is 27.6 Å². The molecule has 2 heterocycles. The summed E-state index contributed by atoms with van der Waals surface area (Å²) in [7, 11) is 0. The number of carbonyl (C=O) groups excluding carboxylic acids is 2. The van der Waals surface area contributed by atoms with Crippen LogP contribution in [-0.4, -0.2) is 41.5 Å². The average Bonchev–Trinajstić information content (AvgIpc) is 3.33. The number of rotatable bonds is 5. The minimum Gasteiger partial charge on any atom is -0.442 e. The van der Waals surface area contributed by atoms with Gasteiger partial charge in [0.15, 0.2) is 0 Å². The fourth-order valence-electron chi connectivity index (χ4n) is 3.00. The third-order valence-corrected chi connectivity index (χ3v) is 4.39.